The molecule has 0 aliphatic carbocycles. The van der Waals surface area contributed by atoms with Gasteiger partial charge < -0.3 is 19.6 Å². The number of aliphatic hydroxyl groups excluding tert-OH is 1. The zero-order valence-corrected chi connectivity index (χ0v) is 20.6. The molecule has 0 saturated carbocycles. The zero-order chi connectivity index (χ0) is 25.2. The van der Waals surface area contributed by atoms with E-state index in [1.165, 1.54) is 5.48 Å². The minimum atomic E-state index is -1.62. The van der Waals surface area contributed by atoms with E-state index in [-0.39, 0.29) is 11.9 Å². The molecule has 1 aliphatic rings. The highest BCUT2D eigenvalue weighted by molar-refractivity contribution is 5.89. The fourth-order valence-corrected chi connectivity index (χ4v) is 4.69. The number of hydroxylamine groups is 1. The SMILES string of the molecule is CCOc1ccc(CCCC(C(=O)N2CCN(C)CC2Cc2ccccc2)C(O)C(=O)NO)cc1. The van der Waals surface area contributed by atoms with Gasteiger partial charge in [-0.2, -0.15) is 0 Å². The molecule has 3 atom stereocenters. The molecular weight excluding hydrogens is 446 g/mol. The van der Waals surface area contributed by atoms with Gasteiger partial charge in [0.2, 0.25) is 5.91 Å². The van der Waals surface area contributed by atoms with Crippen LogP contribution in [0.4, 0.5) is 0 Å². The fraction of sp³-hybridized carbons (Fsp3) is 0.481. The van der Waals surface area contributed by atoms with Crippen molar-refractivity contribution in [1.82, 2.24) is 15.3 Å². The van der Waals surface area contributed by atoms with E-state index in [0.717, 1.165) is 23.4 Å². The van der Waals surface area contributed by atoms with E-state index in [4.69, 9.17) is 9.94 Å². The topological polar surface area (TPSA) is 102 Å². The second-order valence-electron chi connectivity index (χ2n) is 9.13. The highest BCUT2D eigenvalue weighted by Crippen LogP contribution is 2.23. The quantitative estimate of drug-likeness (QED) is 0.335. The number of carbonyl (C=O) groups is 2. The Morgan fingerprint density at radius 2 is 1.80 bits per heavy atom. The first kappa shape index (κ1) is 26.7. The van der Waals surface area contributed by atoms with Gasteiger partial charge in [-0.15, -0.1) is 0 Å². The van der Waals surface area contributed by atoms with Gasteiger partial charge in [-0.3, -0.25) is 14.8 Å². The number of aryl methyl sites for hydroxylation is 1. The van der Waals surface area contributed by atoms with Crippen molar-refractivity contribution >= 4 is 11.8 Å². The summed E-state index contributed by atoms with van der Waals surface area (Å²) in [6.45, 7) is 4.49. The van der Waals surface area contributed by atoms with Gasteiger partial charge in [0.1, 0.15) is 11.9 Å². The van der Waals surface area contributed by atoms with Gasteiger partial charge >= 0.3 is 0 Å². The van der Waals surface area contributed by atoms with Crippen molar-refractivity contribution in [3.63, 3.8) is 0 Å². The lowest BCUT2D eigenvalue weighted by molar-refractivity contribution is -0.153. The molecule has 1 aliphatic heterocycles. The maximum atomic E-state index is 13.7. The Morgan fingerprint density at radius 3 is 2.46 bits per heavy atom. The summed E-state index contributed by atoms with van der Waals surface area (Å²) >= 11 is 0. The van der Waals surface area contributed by atoms with Crippen LogP contribution in [-0.2, 0) is 22.4 Å². The van der Waals surface area contributed by atoms with E-state index in [1.807, 2.05) is 73.5 Å². The Labute approximate surface area is 207 Å². The van der Waals surface area contributed by atoms with E-state index in [2.05, 4.69) is 4.90 Å². The fourth-order valence-electron chi connectivity index (χ4n) is 4.69. The molecular formula is C27H37N3O5. The van der Waals surface area contributed by atoms with E-state index >= 15 is 0 Å². The Hall–Kier alpha value is -2.94. The third-order valence-corrected chi connectivity index (χ3v) is 6.58. The molecule has 8 heteroatoms. The molecule has 2 aromatic carbocycles. The van der Waals surface area contributed by atoms with Crippen LogP contribution in [0, 0.1) is 5.92 Å². The lowest BCUT2D eigenvalue weighted by atomic mass is 9.91. The molecule has 2 aromatic rings. The number of benzene rings is 2. The molecule has 2 amide bonds. The Balaban J connectivity index is 1.71. The summed E-state index contributed by atoms with van der Waals surface area (Å²) in [4.78, 5) is 29.8. The van der Waals surface area contributed by atoms with Gasteiger partial charge in [0, 0.05) is 25.7 Å². The number of nitrogens with one attached hydrogen (secondary N) is 1. The molecule has 3 unspecified atom stereocenters. The third kappa shape index (κ3) is 7.52. The average molecular weight is 484 g/mol. The van der Waals surface area contributed by atoms with Gasteiger partial charge in [0.05, 0.1) is 12.5 Å². The van der Waals surface area contributed by atoms with Crippen LogP contribution in [0.25, 0.3) is 0 Å². The largest absolute Gasteiger partial charge is 0.494 e. The van der Waals surface area contributed by atoms with Crippen molar-refractivity contribution in [2.24, 2.45) is 5.92 Å². The predicted octanol–water partition coefficient (Wildman–Crippen LogP) is 2.28. The first-order chi connectivity index (χ1) is 16.9. The van der Waals surface area contributed by atoms with Crippen LogP contribution in [-0.4, -0.2) is 77.4 Å². The van der Waals surface area contributed by atoms with Crippen LogP contribution in [0.3, 0.4) is 0 Å². The Kier molecular flexibility index (Phi) is 10.1. The smallest absolute Gasteiger partial charge is 0.272 e. The number of carbonyl (C=O) groups excluding carboxylic acids is 2. The van der Waals surface area contributed by atoms with Crippen molar-refractivity contribution in [1.29, 1.82) is 0 Å². The second-order valence-corrected chi connectivity index (χ2v) is 9.13. The number of hydrogen-bond donors (Lipinski definition) is 3. The molecule has 0 spiro atoms. The zero-order valence-electron chi connectivity index (χ0n) is 20.6. The summed E-state index contributed by atoms with van der Waals surface area (Å²) in [5.41, 5.74) is 3.72. The van der Waals surface area contributed by atoms with Gasteiger partial charge in [-0.1, -0.05) is 42.5 Å². The highest BCUT2D eigenvalue weighted by atomic mass is 16.5. The molecule has 3 N–H and O–H groups in total. The van der Waals surface area contributed by atoms with Crippen LogP contribution in [0.2, 0.25) is 0 Å². The van der Waals surface area contributed by atoms with Crippen LogP contribution < -0.4 is 10.2 Å². The molecule has 1 saturated heterocycles. The molecule has 1 heterocycles. The molecule has 0 aromatic heterocycles. The van der Waals surface area contributed by atoms with Crippen LogP contribution in [0.15, 0.2) is 54.6 Å². The summed E-state index contributed by atoms with van der Waals surface area (Å²) < 4.78 is 5.48. The van der Waals surface area contributed by atoms with Crippen molar-refractivity contribution < 1.29 is 24.6 Å². The van der Waals surface area contributed by atoms with Crippen LogP contribution >= 0.6 is 0 Å². The number of amides is 2. The number of aliphatic hydroxyl groups is 1. The summed E-state index contributed by atoms with van der Waals surface area (Å²) in [6, 6.07) is 17.7. The number of piperazine rings is 1. The minimum Gasteiger partial charge on any atom is -0.494 e. The number of ether oxygens (including phenoxy) is 1. The van der Waals surface area contributed by atoms with E-state index in [0.29, 0.717) is 45.4 Å². The first-order valence-corrected chi connectivity index (χ1v) is 12.3. The molecule has 0 radical (unpaired) electrons. The molecule has 3 rings (SSSR count). The maximum absolute atomic E-state index is 13.7. The standard InChI is InChI=1S/C27H37N3O5/c1-3-35-23-14-12-20(13-15-23)10-7-11-24(25(31)26(32)28-34)27(33)30-17-16-29(2)19-22(30)18-21-8-5-4-6-9-21/h4-6,8-9,12-15,22,24-25,31,34H,3,7,10-11,16-19H2,1-2H3,(H,28,32). The number of rotatable bonds is 11. The first-order valence-electron chi connectivity index (χ1n) is 12.3. The van der Waals surface area contributed by atoms with Gasteiger partial charge in [0.15, 0.2) is 0 Å². The molecule has 190 valence electrons. The second kappa shape index (κ2) is 13.2. The van der Waals surface area contributed by atoms with Gasteiger partial charge in [-0.25, -0.2) is 5.48 Å². The van der Waals surface area contributed by atoms with E-state index < -0.39 is 17.9 Å². The van der Waals surface area contributed by atoms with Crippen molar-refractivity contribution in [3.8, 4) is 5.75 Å². The Morgan fingerprint density at radius 1 is 1.09 bits per heavy atom. The summed E-state index contributed by atoms with van der Waals surface area (Å²) in [7, 11) is 2.03. The van der Waals surface area contributed by atoms with Gasteiger partial charge in [-0.05, 0) is 62.9 Å². The normalized spacial score (nSPS) is 18.1. The highest BCUT2D eigenvalue weighted by Gasteiger charge is 2.38. The number of hydrogen-bond acceptors (Lipinski definition) is 6. The summed E-state index contributed by atoms with van der Waals surface area (Å²) in [5.74, 6) is -1.34. The monoisotopic (exact) mass is 483 g/mol. The van der Waals surface area contributed by atoms with E-state index in [1.54, 1.807) is 0 Å². The number of nitrogens with zero attached hydrogens (tertiary/aromatic N) is 2. The maximum Gasteiger partial charge on any atom is 0.272 e. The van der Waals surface area contributed by atoms with Crippen LogP contribution in [0.1, 0.15) is 30.9 Å². The van der Waals surface area contributed by atoms with Gasteiger partial charge in [0.25, 0.3) is 5.91 Å². The van der Waals surface area contributed by atoms with Crippen molar-refractivity contribution in [2.45, 2.75) is 44.8 Å². The lowest BCUT2D eigenvalue weighted by Gasteiger charge is -2.42. The van der Waals surface area contributed by atoms with Crippen LogP contribution in [0.5, 0.6) is 5.75 Å². The van der Waals surface area contributed by atoms with E-state index in [9.17, 15) is 14.7 Å². The van der Waals surface area contributed by atoms with Crippen molar-refractivity contribution in [2.75, 3.05) is 33.3 Å². The summed E-state index contributed by atoms with van der Waals surface area (Å²) in [6.07, 6.45) is 0.699. The molecule has 0 bridgehead atoms. The third-order valence-electron chi connectivity index (χ3n) is 6.58. The average Bonchev–Trinajstić information content (AvgIpc) is 2.87. The van der Waals surface area contributed by atoms with Crippen molar-refractivity contribution in [3.05, 3.63) is 65.7 Å². The summed E-state index contributed by atoms with van der Waals surface area (Å²) in [5, 5.41) is 19.8. The molecule has 8 nitrogen and oxygen atoms in total. The minimum absolute atomic E-state index is 0.0679. The molecule has 1 fully saturated rings. The molecule has 35 heavy (non-hydrogen) atoms. The lowest BCUT2D eigenvalue weighted by Crippen LogP contribution is -2.58. The predicted molar refractivity (Wildman–Crippen MR) is 133 cm³/mol. The Bertz CT molecular complexity index is 938. The number of likely N-dealkylation sites (N-methyl/N-ethyl adjacent to an activating group) is 1.